The molecule has 348 valence electrons. The number of aromatic nitrogens is 2. The number of rotatable bonds is 23. The van der Waals surface area contributed by atoms with Gasteiger partial charge >= 0.3 is 0 Å². The van der Waals surface area contributed by atoms with Crippen LogP contribution >= 0.6 is 15.9 Å². The van der Waals surface area contributed by atoms with E-state index < -0.39 is 0 Å². The van der Waals surface area contributed by atoms with E-state index in [1.807, 2.05) is 56.3 Å². The fourth-order valence-electron chi connectivity index (χ4n) is 9.19. The number of benzene rings is 3. The van der Waals surface area contributed by atoms with E-state index in [0.29, 0.717) is 94.5 Å². The van der Waals surface area contributed by atoms with E-state index >= 15 is 0 Å². The number of ketones is 2. The Hall–Kier alpha value is -4.64. The van der Waals surface area contributed by atoms with E-state index in [9.17, 15) is 19.7 Å². The third-order valence-electron chi connectivity index (χ3n) is 12.9. The molecule has 2 fully saturated rings. The SMILES string of the molecule is Cc1cnc(CC(=O)Cc2cc(Br)c(C)cc2OC[C@@H]2CN(CCOCCOCCOc3ccc(C(=O)CCC(C)(C)[C@H]4Cc5ccc([N+](=O)[O-])cc5[C@H]5OCC[C@H]54)cc3)CCO2)cn1. The van der Waals surface area contributed by atoms with Gasteiger partial charge in [-0.15, -0.1) is 0 Å². The number of carbonyl (C=O) groups is 2. The zero-order valence-corrected chi connectivity index (χ0v) is 39.5. The van der Waals surface area contributed by atoms with Crippen molar-refractivity contribution in [2.75, 3.05) is 72.5 Å². The van der Waals surface area contributed by atoms with Crippen molar-refractivity contribution in [2.24, 2.45) is 17.3 Å². The molecular weight excluding hydrogens is 896 g/mol. The molecule has 0 N–H and O–H groups in total. The fraction of sp³-hybridized carbons (Fsp3) is 0.520. The molecule has 0 amide bonds. The third kappa shape index (κ3) is 13.3. The molecular formula is C50H61BrN4O10. The minimum Gasteiger partial charge on any atom is -0.491 e. The molecule has 4 atom stereocenters. The lowest BCUT2D eigenvalue weighted by Crippen LogP contribution is -2.46. The second-order valence-corrected chi connectivity index (χ2v) is 18.9. The Bertz CT molecular complexity index is 2260. The van der Waals surface area contributed by atoms with Crippen LogP contribution in [-0.4, -0.2) is 110 Å². The second kappa shape index (κ2) is 22.7. The van der Waals surface area contributed by atoms with Crippen LogP contribution < -0.4 is 9.47 Å². The van der Waals surface area contributed by atoms with Crippen molar-refractivity contribution in [2.45, 2.75) is 78.4 Å². The predicted octanol–water partition coefficient (Wildman–Crippen LogP) is 8.25. The molecule has 14 nitrogen and oxygen atoms in total. The van der Waals surface area contributed by atoms with Crippen LogP contribution in [0.5, 0.6) is 11.5 Å². The molecule has 0 saturated carbocycles. The van der Waals surface area contributed by atoms with Crippen LogP contribution in [0.2, 0.25) is 0 Å². The monoisotopic (exact) mass is 956 g/mol. The quantitative estimate of drug-likeness (QED) is 0.0303. The Balaban J connectivity index is 0.751. The van der Waals surface area contributed by atoms with E-state index in [1.165, 1.54) is 0 Å². The molecule has 3 aromatic carbocycles. The van der Waals surface area contributed by atoms with Gasteiger partial charge in [0.1, 0.15) is 36.6 Å². The minimum atomic E-state index is -0.345. The lowest BCUT2D eigenvalue weighted by Gasteiger charge is -2.44. The number of hydrogen-bond acceptors (Lipinski definition) is 13. The lowest BCUT2D eigenvalue weighted by molar-refractivity contribution is -0.385. The number of nitro benzene ring substituents is 1. The summed E-state index contributed by atoms with van der Waals surface area (Å²) in [6, 6.07) is 16.4. The van der Waals surface area contributed by atoms with Gasteiger partial charge in [0.15, 0.2) is 5.78 Å². The van der Waals surface area contributed by atoms with E-state index in [4.69, 9.17) is 28.4 Å². The van der Waals surface area contributed by atoms with Gasteiger partial charge < -0.3 is 28.4 Å². The number of non-ortho nitro benzene ring substituents is 1. The van der Waals surface area contributed by atoms with Crippen molar-refractivity contribution in [1.82, 2.24) is 14.9 Å². The first kappa shape index (κ1) is 48.3. The largest absolute Gasteiger partial charge is 0.491 e. The standard InChI is InChI=1S/C50H61BrN4O10/c1-33-23-48(37(26-46(33)51)24-40(56)27-38-30-52-34(2)29-53-38)65-32-42-31-54(15-18-62-42)14-17-60-19-20-61-21-22-63-41-9-6-35(7-10-41)47(57)11-13-50(3,4)45-25-36-5-8-39(55(58)59)28-44(36)49-43(45)12-16-64-49/h5-10,23,26,28-30,42-43,45,49H,11-22,24-25,27,31-32H2,1-4H3/t42-,43-,45-,49-/m0/s1. The van der Waals surface area contributed by atoms with E-state index in [0.717, 1.165) is 64.8 Å². The topological polar surface area (TPSA) is 162 Å². The van der Waals surface area contributed by atoms with Gasteiger partial charge in [0.2, 0.25) is 0 Å². The first-order valence-electron chi connectivity index (χ1n) is 22.7. The second-order valence-electron chi connectivity index (χ2n) is 18.1. The smallest absolute Gasteiger partial charge is 0.269 e. The molecule has 0 spiro atoms. The molecule has 2 saturated heterocycles. The normalized spacial score (nSPS) is 19.6. The number of ether oxygens (including phenoxy) is 6. The number of fused-ring (bicyclic) bond motifs is 3. The number of morpholine rings is 1. The first-order valence-corrected chi connectivity index (χ1v) is 23.5. The highest BCUT2D eigenvalue weighted by Crippen LogP contribution is 2.53. The number of hydrogen-bond donors (Lipinski definition) is 0. The Labute approximate surface area is 390 Å². The molecule has 3 aliphatic rings. The Kier molecular flexibility index (Phi) is 16.9. The third-order valence-corrected chi connectivity index (χ3v) is 13.8. The summed E-state index contributed by atoms with van der Waals surface area (Å²) in [5, 5.41) is 11.4. The molecule has 3 heterocycles. The maximum atomic E-state index is 13.3. The number of Topliss-reactive ketones (excluding diaryl/α,β-unsaturated/α-hetero) is 2. The summed E-state index contributed by atoms with van der Waals surface area (Å²) in [6.07, 6.45) is 6.41. The van der Waals surface area contributed by atoms with Gasteiger partial charge in [-0.2, -0.15) is 0 Å². The summed E-state index contributed by atoms with van der Waals surface area (Å²) >= 11 is 3.61. The van der Waals surface area contributed by atoms with Crippen molar-refractivity contribution in [1.29, 1.82) is 0 Å². The molecule has 0 unspecified atom stereocenters. The first-order chi connectivity index (χ1) is 31.3. The number of nitro groups is 1. The van der Waals surface area contributed by atoms with Crippen LogP contribution in [0.15, 0.2) is 71.5 Å². The average molecular weight is 958 g/mol. The average Bonchev–Trinajstić information content (AvgIpc) is 3.79. The van der Waals surface area contributed by atoms with Crippen molar-refractivity contribution < 1.29 is 42.9 Å². The molecule has 0 radical (unpaired) electrons. The van der Waals surface area contributed by atoms with Crippen LogP contribution in [0, 0.1) is 41.2 Å². The predicted molar refractivity (Wildman–Crippen MR) is 248 cm³/mol. The number of halogens is 1. The van der Waals surface area contributed by atoms with Crippen molar-refractivity contribution in [3.63, 3.8) is 0 Å². The van der Waals surface area contributed by atoms with Crippen LogP contribution in [0.25, 0.3) is 0 Å². The highest BCUT2D eigenvalue weighted by Gasteiger charge is 2.47. The van der Waals surface area contributed by atoms with E-state index in [2.05, 4.69) is 44.6 Å². The molecule has 4 aromatic rings. The van der Waals surface area contributed by atoms with E-state index in [-0.39, 0.29) is 58.6 Å². The van der Waals surface area contributed by atoms with Crippen LogP contribution in [0.4, 0.5) is 5.69 Å². The van der Waals surface area contributed by atoms with Crippen molar-refractivity contribution >= 4 is 33.2 Å². The Morgan fingerprint density at radius 3 is 2.48 bits per heavy atom. The minimum absolute atomic E-state index is 0.0363. The number of aryl methyl sites for hydroxylation is 2. The van der Waals surface area contributed by atoms with Crippen LogP contribution in [0.1, 0.15) is 83.2 Å². The summed E-state index contributed by atoms with van der Waals surface area (Å²) in [5.74, 6) is 2.07. The van der Waals surface area contributed by atoms with Crippen LogP contribution in [0.3, 0.4) is 0 Å². The molecule has 1 aliphatic carbocycles. The Morgan fingerprint density at radius 2 is 1.71 bits per heavy atom. The van der Waals surface area contributed by atoms with Gasteiger partial charge in [-0.3, -0.25) is 34.6 Å². The molecule has 15 heteroatoms. The van der Waals surface area contributed by atoms with Gasteiger partial charge in [-0.25, -0.2) is 0 Å². The summed E-state index contributed by atoms with van der Waals surface area (Å²) in [6.45, 7) is 14.5. The molecule has 7 rings (SSSR count). The molecule has 1 aromatic heterocycles. The van der Waals surface area contributed by atoms with Gasteiger partial charge in [-0.1, -0.05) is 35.8 Å². The molecule has 2 aliphatic heterocycles. The van der Waals surface area contributed by atoms with Gasteiger partial charge in [0.05, 0.1) is 61.9 Å². The maximum Gasteiger partial charge on any atom is 0.269 e. The highest BCUT2D eigenvalue weighted by molar-refractivity contribution is 9.10. The fourth-order valence-corrected chi connectivity index (χ4v) is 9.58. The van der Waals surface area contributed by atoms with E-state index in [1.54, 1.807) is 24.5 Å². The molecule has 0 bridgehead atoms. The van der Waals surface area contributed by atoms with Gasteiger partial charge in [0, 0.05) is 79.2 Å². The van der Waals surface area contributed by atoms with Crippen molar-refractivity contribution in [3.05, 3.63) is 121 Å². The number of carbonyl (C=O) groups excluding carboxylic acids is 2. The highest BCUT2D eigenvalue weighted by atomic mass is 79.9. The Morgan fingerprint density at radius 1 is 0.923 bits per heavy atom. The van der Waals surface area contributed by atoms with Crippen LogP contribution in [-0.2, 0) is 43.0 Å². The maximum absolute atomic E-state index is 13.3. The van der Waals surface area contributed by atoms with Gasteiger partial charge in [-0.05, 0) is 103 Å². The van der Waals surface area contributed by atoms with Crippen molar-refractivity contribution in [3.8, 4) is 11.5 Å². The zero-order valence-electron chi connectivity index (χ0n) is 37.9. The summed E-state index contributed by atoms with van der Waals surface area (Å²) in [4.78, 5) is 48.2. The summed E-state index contributed by atoms with van der Waals surface area (Å²) in [5.41, 5.74) is 5.99. The summed E-state index contributed by atoms with van der Waals surface area (Å²) in [7, 11) is 0. The molecule has 65 heavy (non-hydrogen) atoms. The number of nitrogens with zero attached hydrogens (tertiary/aromatic N) is 4. The summed E-state index contributed by atoms with van der Waals surface area (Å²) < 4.78 is 36.8. The van der Waals surface area contributed by atoms with Gasteiger partial charge in [0.25, 0.3) is 5.69 Å². The lowest BCUT2D eigenvalue weighted by atomic mass is 9.61. The zero-order chi connectivity index (χ0) is 45.9.